The summed E-state index contributed by atoms with van der Waals surface area (Å²) >= 11 is 0. The molecule has 0 bridgehead atoms. The van der Waals surface area contributed by atoms with Crippen LogP contribution in [-0.2, 0) is 4.79 Å². The molecule has 1 fully saturated rings. The lowest BCUT2D eigenvalue weighted by atomic mass is 10.2. The van der Waals surface area contributed by atoms with E-state index in [1.165, 1.54) is 0 Å². The first-order valence-electron chi connectivity index (χ1n) is 5.25. The van der Waals surface area contributed by atoms with Crippen molar-refractivity contribution in [2.45, 2.75) is 26.3 Å². The Bertz CT molecular complexity index is 195. The molecule has 14 heavy (non-hydrogen) atoms. The Kier molecular flexibility index (Phi) is 4.35. The predicted molar refractivity (Wildman–Crippen MR) is 55.3 cm³/mol. The molecule has 1 aliphatic heterocycles. The van der Waals surface area contributed by atoms with Crippen LogP contribution in [0, 0.1) is 5.92 Å². The van der Waals surface area contributed by atoms with Crippen molar-refractivity contribution in [2.75, 3.05) is 26.2 Å². The summed E-state index contributed by atoms with van der Waals surface area (Å²) in [5.41, 5.74) is 0. The number of hydrogen-bond acceptors (Lipinski definition) is 3. The molecule has 2 N–H and O–H groups in total. The minimum atomic E-state index is -0.727. The third-order valence-corrected chi connectivity index (χ3v) is 2.45. The van der Waals surface area contributed by atoms with E-state index in [4.69, 9.17) is 5.11 Å². The van der Waals surface area contributed by atoms with E-state index < -0.39 is 5.97 Å². The molecular weight excluding hydrogens is 180 g/mol. The van der Waals surface area contributed by atoms with E-state index in [1.807, 2.05) is 4.90 Å². The largest absolute Gasteiger partial charge is 0.480 e. The average Bonchev–Trinajstić information content (AvgIpc) is 2.47. The lowest BCUT2D eigenvalue weighted by molar-refractivity contribution is -0.138. The number of rotatable bonds is 5. The fourth-order valence-corrected chi connectivity index (χ4v) is 1.74. The highest BCUT2D eigenvalue weighted by Gasteiger charge is 2.23. The zero-order chi connectivity index (χ0) is 10.6. The molecule has 1 saturated heterocycles. The molecule has 0 aromatic heterocycles. The molecule has 0 aromatic rings. The topological polar surface area (TPSA) is 52.6 Å². The van der Waals surface area contributed by atoms with E-state index in [-0.39, 0.29) is 6.54 Å². The predicted octanol–water partition coefficient (Wildman–Crippen LogP) is 0.391. The molecule has 1 rings (SSSR count). The van der Waals surface area contributed by atoms with Gasteiger partial charge in [0, 0.05) is 19.1 Å². The highest BCUT2D eigenvalue weighted by molar-refractivity contribution is 5.69. The number of hydrogen-bond donors (Lipinski definition) is 2. The van der Waals surface area contributed by atoms with E-state index in [0.717, 1.165) is 26.1 Å². The second-order valence-electron chi connectivity index (χ2n) is 4.42. The van der Waals surface area contributed by atoms with Gasteiger partial charge in [0.2, 0.25) is 0 Å². The first-order valence-corrected chi connectivity index (χ1v) is 5.25. The first kappa shape index (κ1) is 11.5. The second-order valence-corrected chi connectivity index (χ2v) is 4.42. The quantitative estimate of drug-likeness (QED) is 0.674. The summed E-state index contributed by atoms with van der Waals surface area (Å²) in [6, 6.07) is 0.483. The molecule has 82 valence electrons. The van der Waals surface area contributed by atoms with E-state index in [1.54, 1.807) is 0 Å². The molecule has 4 heteroatoms. The smallest absolute Gasteiger partial charge is 0.317 e. The van der Waals surface area contributed by atoms with Gasteiger partial charge in [0.05, 0.1) is 6.54 Å². The Balaban J connectivity index is 2.17. The highest BCUT2D eigenvalue weighted by atomic mass is 16.4. The van der Waals surface area contributed by atoms with Gasteiger partial charge in [-0.1, -0.05) is 13.8 Å². The van der Waals surface area contributed by atoms with E-state index in [9.17, 15) is 4.79 Å². The van der Waals surface area contributed by atoms with Crippen molar-refractivity contribution in [1.82, 2.24) is 10.2 Å². The standard InChI is InChI=1S/C10H20N2O2/c1-8(2)5-11-9-3-4-12(6-9)7-10(13)14/h8-9,11H,3-7H2,1-2H3,(H,13,14)/t9-/m1/s1. The maximum absolute atomic E-state index is 10.5. The van der Waals surface area contributed by atoms with Crippen molar-refractivity contribution < 1.29 is 9.90 Å². The maximum Gasteiger partial charge on any atom is 0.317 e. The Hall–Kier alpha value is -0.610. The number of likely N-dealkylation sites (tertiary alicyclic amines) is 1. The number of nitrogens with zero attached hydrogens (tertiary/aromatic N) is 1. The minimum absolute atomic E-state index is 0.180. The molecule has 1 heterocycles. The van der Waals surface area contributed by atoms with Crippen molar-refractivity contribution >= 4 is 5.97 Å². The van der Waals surface area contributed by atoms with Gasteiger partial charge in [-0.3, -0.25) is 9.69 Å². The number of carbonyl (C=O) groups is 1. The lowest BCUT2D eigenvalue weighted by Gasteiger charge is -2.15. The van der Waals surface area contributed by atoms with Crippen LogP contribution >= 0.6 is 0 Å². The normalized spacial score (nSPS) is 23.2. The van der Waals surface area contributed by atoms with Gasteiger partial charge >= 0.3 is 5.97 Å². The van der Waals surface area contributed by atoms with Crippen LogP contribution in [0.2, 0.25) is 0 Å². The summed E-state index contributed by atoms with van der Waals surface area (Å²) in [4.78, 5) is 12.5. The van der Waals surface area contributed by atoms with E-state index in [0.29, 0.717) is 12.0 Å². The Labute approximate surface area is 85.3 Å². The fraction of sp³-hybridized carbons (Fsp3) is 0.900. The van der Waals surface area contributed by atoms with Crippen LogP contribution in [0.3, 0.4) is 0 Å². The maximum atomic E-state index is 10.5. The van der Waals surface area contributed by atoms with Gasteiger partial charge < -0.3 is 10.4 Å². The zero-order valence-electron chi connectivity index (χ0n) is 8.99. The molecule has 1 atom stereocenters. The van der Waals surface area contributed by atoms with Crippen LogP contribution in [0.25, 0.3) is 0 Å². The van der Waals surface area contributed by atoms with Gasteiger partial charge in [0.1, 0.15) is 0 Å². The van der Waals surface area contributed by atoms with Crippen molar-refractivity contribution in [3.63, 3.8) is 0 Å². The zero-order valence-corrected chi connectivity index (χ0v) is 8.99. The van der Waals surface area contributed by atoms with Crippen LogP contribution in [0.1, 0.15) is 20.3 Å². The van der Waals surface area contributed by atoms with Crippen LogP contribution in [0.5, 0.6) is 0 Å². The molecule has 0 spiro atoms. The molecule has 0 unspecified atom stereocenters. The average molecular weight is 200 g/mol. The molecule has 0 aliphatic carbocycles. The van der Waals surface area contributed by atoms with Crippen molar-refractivity contribution in [3.8, 4) is 0 Å². The molecule has 0 aromatic carbocycles. The van der Waals surface area contributed by atoms with Crippen LogP contribution in [0.15, 0.2) is 0 Å². The Morgan fingerprint density at radius 2 is 2.36 bits per heavy atom. The van der Waals surface area contributed by atoms with Crippen molar-refractivity contribution in [1.29, 1.82) is 0 Å². The number of carboxylic acids is 1. The molecular formula is C10H20N2O2. The van der Waals surface area contributed by atoms with E-state index in [2.05, 4.69) is 19.2 Å². The van der Waals surface area contributed by atoms with Crippen LogP contribution in [-0.4, -0.2) is 48.2 Å². The Morgan fingerprint density at radius 1 is 1.64 bits per heavy atom. The summed E-state index contributed by atoms with van der Waals surface area (Å²) in [5.74, 6) is -0.0713. The minimum Gasteiger partial charge on any atom is -0.480 e. The monoisotopic (exact) mass is 200 g/mol. The van der Waals surface area contributed by atoms with Crippen LogP contribution in [0.4, 0.5) is 0 Å². The van der Waals surface area contributed by atoms with Gasteiger partial charge in [0.25, 0.3) is 0 Å². The second kappa shape index (κ2) is 5.32. The summed E-state index contributed by atoms with van der Waals surface area (Å²) < 4.78 is 0. The van der Waals surface area contributed by atoms with Gasteiger partial charge in [-0.05, 0) is 18.9 Å². The van der Waals surface area contributed by atoms with Gasteiger partial charge in [0.15, 0.2) is 0 Å². The summed E-state index contributed by atoms with van der Waals surface area (Å²) in [7, 11) is 0. The summed E-state index contributed by atoms with van der Waals surface area (Å²) in [6.45, 7) is 7.33. The molecule has 4 nitrogen and oxygen atoms in total. The highest BCUT2D eigenvalue weighted by Crippen LogP contribution is 2.08. The van der Waals surface area contributed by atoms with Crippen molar-refractivity contribution in [2.24, 2.45) is 5.92 Å². The first-order chi connectivity index (χ1) is 6.58. The SMILES string of the molecule is CC(C)CN[C@@H]1CCN(CC(=O)O)C1. The van der Waals surface area contributed by atoms with Gasteiger partial charge in [-0.15, -0.1) is 0 Å². The van der Waals surface area contributed by atoms with E-state index >= 15 is 0 Å². The van der Waals surface area contributed by atoms with Gasteiger partial charge in [-0.2, -0.15) is 0 Å². The third-order valence-electron chi connectivity index (χ3n) is 2.45. The van der Waals surface area contributed by atoms with Crippen molar-refractivity contribution in [3.05, 3.63) is 0 Å². The Morgan fingerprint density at radius 3 is 2.93 bits per heavy atom. The fourth-order valence-electron chi connectivity index (χ4n) is 1.74. The molecule has 0 amide bonds. The van der Waals surface area contributed by atoms with Crippen LogP contribution < -0.4 is 5.32 Å². The molecule has 0 saturated carbocycles. The number of carboxylic acid groups (broad SMARTS) is 1. The third kappa shape index (κ3) is 4.07. The summed E-state index contributed by atoms with van der Waals surface area (Å²) in [5, 5.41) is 12.1. The summed E-state index contributed by atoms with van der Waals surface area (Å²) in [6.07, 6.45) is 1.07. The lowest BCUT2D eigenvalue weighted by Crippen LogP contribution is -2.36. The molecule has 0 radical (unpaired) electrons. The molecule has 1 aliphatic rings. The van der Waals surface area contributed by atoms with Gasteiger partial charge in [-0.25, -0.2) is 0 Å². The number of aliphatic carboxylic acids is 1. The number of nitrogens with one attached hydrogen (secondary N) is 1.